The van der Waals surface area contributed by atoms with Crippen molar-refractivity contribution < 1.29 is 0 Å². The molecule has 0 saturated heterocycles. The molecule has 1 atom stereocenters. The van der Waals surface area contributed by atoms with Crippen molar-refractivity contribution in [2.45, 2.75) is 26.7 Å². The van der Waals surface area contributed by atoms with Gasteiger partial charge in [0.15, 0.2) is 0 Å². The summed E-state index contributed by atoms with van der Waals surface area (Å²) in [7, 11) is 4.26. The summed E-state index contributed by atoms with van der Waals surface area (Å²) >= 11 is 0. The van der Waals surface area contributed by atoms with Gasteiger partial charge >= 0.3 is 0 Å². The van der Waals surface area contributed by atoms with Gasteiger partial charge in [-0.2, -0.15) is 0 Å². The van der Waals surface area contributed by atoms with E-state index in [1.165, 1.54) is 26.1 Å². The third-order valence-corrected chi connectivity index (χ3v) is 2.63. The van der Waals surface area contributed by atoms with E-state index in [0.29, 0.717) is 0 Å². The van der Waals surface area contributed by atoms with E-state index < -0.39 is 0 Å². The summed E-state index contributed by atoms with van der Waals surface area (Å²) in [5.41, 5.74) is 5.57. The van der Waals surface area contributed by atoms with Gasteiger partial charge in [-0.1, -0.05) is 13.8 Å². The first-order valence-electron chi connectivity index (χ1n) is 6.17. The molecule has 0 saturated carbocycles. The summed E-state index contributed by atoms with van der Waals surface area (Å²) in [6.07, 6.45) is 2.38. The Morgan fingerprint density at radius 1 is 1.13 bits per heavy atom. The Hall–Kier alpha value is -0.120. The fraction of sp³-hybridized carbons (Fsp3) is 1.00. The summed E-state index contributed by atoms with van der Waals surface area (Å²) in [6.45, 7) is 10.1. The summed E-state index contributed by atoms with van der Waals surface area (Å²) < 4.78 is 0. The molecule has 2 N–H and O–H groups in total. The fourth-order valence-corrected chi connectivity index (χ4v) is 1.77. The Kier molecular flexibility index (Phi) is 9.06. The Bertz CT molecular complexity index is 137. The Morgan fingerprint density at radius 2 is 1.80 bits per heavy atom. The molecule has 1 unspecified atom stereocenters. The van der Waals surface area contributed by atoms with Gasteiger partial charge in [-0.3, -0.25) is 0 Å². The van der Waals surface area contributed by atoms with Crippen LogP contribution in [0.4, 0.5) is 0 Å². The van der Waals surface area contributed by atoms with Crippen LogP contribution in [0.25, 0.3) is 0 Å². The third kappa shape index (κ3) is 8.85. The first-order valence-corrected chi connectivity index (χ1v) is 6.17. The lowest BCUT2D eigenvalue weighted by molar-refractivity contribution is 0.211. The van der Waals surface area contributed by atoms with Crippen molar-refractivity contribution in [3.05, 3.63) is 0 Å². The second kappa shape index (κ2) is 9.13. The zero-order valence-electron chi connectivity index (χ0n) is 11.0. The number of nitrogens with two attached hydrogens (primary N) is 1. The Balaban J connectivity index is 3.80. The average molecular weight is 215 g/mol. The van der Waals surface area contributed by atoms with Gasteiger partial charge in [0.25, 0.3) is 0 Å². The van der Waals surface area contributed by atoms with Crippen molar-refractivity contribution in [1.29, 1.82) is 0 Å². The minimum absolute atomic E-state index is 0.726. The molecule has 15 heavy (non-hydrogen) atoms. The fourth-order valence-electron chi connectivity index (χ4n) is 1.77. The predicted molar refractivity (Wildman–Crippen MR) is 68.1 cm³/mol. The molecule has 0 rings (SSSR count). The summed E-state index contributed by atoms with van der Waals surface area (Å²) in [6, 6.07) is 0. The first kappa shape index (κ1) is 14.9. The standard InChI is InChI=1S/C12H29N3/c1-5-8-15(10-9-14(3)4)11-12(2)6-7-13/h12H,5-11,13H2,1-4H3. The van der Waals surface area contributed by atoms with Gasteiger partial charge < -0.3 is 15.5 Å². The van der Waals surface area contributed by atoms with Gasteiger partial charge in [0.1, 0.15) is 0 Å². The van der Waals surface area contributed by atoms with Crippen LogP contribution >= 0.6 is 0 Å². The molecule has 0 heterocycles. The molecule has 0 aliphatic rings. The second-order valence-corrected chi connectivity index (χ2v) is 4.79. The molecule has 0 aromatic heterocycles. The van der Waals surface area contributed by atoms with Crippen molar-refractivity contribution >= 4 is 0 Å². The molecule has 92 valence electrons. The van der Waals surface area contributed by atoms with E-state index in [1.807, 2.05) is 0 Å². The quantitative estimate of drug-likeness (QED) is 0.628. The normalized spacial score (nSPS) is 13.8. The van der Waals surface area contributed by atoms with E-state index in [4.69, 9.17) is 5.73 Å². The minimum Gasteiger partial charge on any atom is -0.330 e. The molecule has 0 amide bonds. The van der Waals surface area contributed by atoms with Gasteiger partial charge in [-0.05, 0) is 45.9 Å². The van der Waals surface area contributed by atoms with E-state index >= 15 is 0 Å². The van der Waals surface area contributed by atoms with Crippen LogP contribution in [0.15, 0.2) is 0 Å². The SMILES string of the molecule is CCCN(CCN(C)C)CC(C)CCN. The predicted octanol–water partition coefficient (Wildman–Crippen LogP) is 1.24. The number of likely N-dealkylation sites (N-methyl/N-ethyl adjacent to an activating group) is 1. The summed E-state index contributed by atoms with van der Waals surface area (Å²) in [5, 5.41) is 0. The van der Waals surface area contributed by atoms with Gasteiger partial charge in [0.2, 0.25) is 0 Å². The number of hydrogen-bond donors (Lipinski definition) is 1. The van der Waals surface area contributed by atoms with Crippen molar-refractivity contribution in [3.8, 4) is 0 Å². The lowest BCUT2D eigenvalue weighted by Gasteiger charge is -2.26. The Labute approximate surface area is 95.6 Å². The van der Waals surface area contributed by atoms with E-state index in [1.54, 1.807) is 0 Å². The molecule has 0 aromatic carbocycles. The molecular weight excluding hydrogens is 186 g/mol. The molecule has 0 aromatic rings. The van der Waals surface area contributed by atoms with E-state index in [2.05, 4.69) is 37.7 Å². The van der Waals surface area contributed by atoms with Crippen LogP contribution in [0.1, 0.15) is 26.7 Å². The van der Waals surface area contributed by atoms with Crippen molar-refractivity contribution in [3.63, 3.8) is 0 Å². The topological polar surface area (TPSA) is 32.5 Å². The van der Waals surface area contributed by atoms with Crippen molar-refractivity contribution in [2.24, 2.45) is 11.7 Å². The van der Waals surface area contributed by atoms with Gasteiger partial charge in [-0.15, -0.1) is 0 Å². The number of nitrogens with zero attached hydrogens (tertiary/aromatic N) is 2. The lowest BCUT2D eigenvalue weighted by atomic mass is 10.1. The summed E-state index contributed by atoms with van der Waals surface area (Å²) in [4.78, 5) is 4.80. The van der Waals surface area contributed by atoms with Crippen molar-refractivity contribution in [1.82, 2.24) is 9.80 Å². The molecule has 0 fully saturated rings. The molecule has 0 spiro atoms. The molecule has 0 radical (unpaired) electrons. The van der Waals surface area contributed by atoms with Crippen LogP contribution in [-0.4, -0.2) is 56.6 Å². The van der Waals surface area contributed by atoms with Crippen LogP contribution in [-0.2, 0) is 0 Å². The van der Waals surface area contributed by atoms with Crippen LogP contribution < -0.4 is 5.73 Å². The molecule has 0 aliphatic heterocycles. The van der Waals surface area contributed by atoms with Gasteiger partial charge in [0.05, 0.1) is 0 Å². The van der Waals surface area contributed by atoms with E-state index in [9.17, 15) is 0 Å². The third-order valence-electron chi connectivity index (χ3n) is 2.63. The number of hydrogen-bond acceptors (Lipinski definition) is 3. The zero-order chi connectivity index (χ0) is 11.7. The van der Waals surface area contributed by atoms with Crippen molar-refractivity contribution in [2.75, 3.05) is 46.8 Å². The monoisotopic (exact) mass is 215 g/mol. The van der Waals surface area contributed by atoms with Crippen LogP contribution in [0.2, 0.25) is 0 Å². The van der Waals surface area contributed by atoms with E-state index in [0.717, 1.165) is 25.4 Å². The highest BCUT2D eigenvalue weighted by Crippen LogP contribution is 2.04. The van der Waals surface area contributed by atoms with Gasteiger partial charge in [-0.25, -0.2) is 0 Å². The largest absolute Gasteiger partial charge is 0.330 e. The van der Waals surface area contributed by atoms with Gasteiger partial charge in [0, 0.05) is 19.6 Å². The van der Waals surface area contributed by atoms with Crippen LogP contribution in [0.5, 0.6) is 0 Å². The van der Waals surface area contributed by atoms with E-state index in [-0.39, 0.29) is 0 Å². The average Bonchev–Trinajstić information content (AvgIpc) is 2.15. The molecular formula is C12H29N3. The minimum atomic E-state index is 0.726. The lowest BCUT2D eigenvalue weighted by Crippen LogP contribution is -2.35. The molecule has 0 bridgehead atoms. The summed E-state index contributed by atoms with van der Waals surface area (Å²) in [5.74, 6) is 0.726. The smallest absolute Gasteiger partial charge is 0.0109 e. The highest BCUT2D eigenvalue weighted by atomic mass is 15.2. The maximum absolute atomic E-state index is 5.57. The van der Waals surface area contributed by atoms with Crippen LogP contribution in [0, 0.1) is 5.92 Å². The highest BCUT2D eigenvalue weighted by molar-refractivity contribution is 4.64. The molecule has 3 nitrogen and oxygen atoms in total. The van der Waals surface area contributed by atoms with Crippen LogP contribution in [0.3, 0.4) is 0 Å². The zero-order valence-corrected chi connectivity index (χ0v) is 11.0. The number of rotatable bonds is 9. The highest BCUT2D eigenvalue weighted by Gasteiger charge is 2.08. The second-order valence-electron chi connectivity index (χ2n) is 4.79. The molecule has 0 aliphatic carbocycles. The maximum Gasteiger partial charge on any atom is 0.0109 e. The Morgan fingerprint density at radius 3 is 2.27 bits per heavy atom. The first-order chi connectivity index (χ1) is 7.10. The molecule has 3 heteroatoms. The maximum atomic E-state index is 5.57.